The Balaban J connectivity index is 2.03. The average Bonchev–Trinajstić information content (AvgIpc) is 3.13. The molecule has 0 amide bonds. The van der Waals surface area contributed by atoms with Crippen molar-refractivity contribution in [2.45, 2.75) is 185 Å². The fourth-order valence-corrected chi connectivity index (χ4v) is 8.00. The number of aldehydes is 1. The number of hydrogen-bond acceptors (Lipinski definition) is 17. The van der Waals surface area contributed by atoms with E-state index >= 15 is 0 Å². The van der Waals surface area contributed by atoms with Gasteiger partial charge in [-0.25, -0.2) is 0 Å². The number of aliphatic hydroxyl groups is 4. The maximum Gasteiger partial charge on any atom is 0.309 e. The fraction of sp³-hybridized carbons (Fsp3) is 0.810. The molecular formula is C42H69NO16. The number of carbonyl (C=O) groups is 4. The number of likely N-dealkylation sites (N-methyl/N-ethyl adjacent to an activating group) is 1. The minimum atomic E-state index is -2.34. The van der Waals surface area contributed by atoms with Gasteiger partial charge in [-0.1, -0.05) is 39.0 Å². The van der Waals surface area contributed by atoms with E-state index in [1.165, 1.54) is 19.3 Å². The number of methoxy groups -OCH3 is 1. The van der Waals surface area contributed by atoms with Crippen molar-refractivity contribution in [3.63, 3.8) is 0 Å². The highest BCUT2D eigenvalue weighted by Crippen LogP contribution is 2.38. The van der Waals surface area contributed by atoms with Crippen LogP contribution in [0.25, 0.3) is 0 Å². The first-order chi connectivity index (χ1) is 27.7. The first-order valence-electron chi connectivity index (χ1n) is 20.7. The van der Waals surface area contributed by atoms with Gasteiger partial charge in [0.1, 0.15) is 42.4 Å². The van der Waals surface area contributed by atoms with E-state index in [2.05, 4.69) is 0 Å². The van der Waals surface area contributed by atoms with Crippen LogP contribution < -0.4 is 0 Å². The molecule has 17 heteroatoms. The molecule has 2 fully saturated rings. The van der Waals surface area contributed by atoms with Crippen molar-refractivity contribution in [1.82, 2.24) is 4.90 Å². The van der Waals surface area contributed by atoms with Crippen LogP contribution in [0.15, 0.2) is 24.3 Å². The Morgan fingerprint density at radius 1 is 0.966 bits per heavy atom. The average molecular weight is 844 g/mol. The van der Waals surface area contributed by atoms with Gasteiger partial charge in [-0.2, -0.15) is 0 Å². The lowest BCUT2D eigenvalue weighted by Crippen LogP contribution is -2.66. The van der Waals surface area contributed by atoms with Crippen molar-refractivity contribution >= 4 is 24.2 Å². The molecule has 338 valence electrons. The zero-order chi connectivity index (χ0) is 44.2. The summed E-state index contributed by atoms with van der Waals surface area (Å²) in [5.74, 6) is -5.90. The number of carbonyl (C=O) groups excluding carboxylic acids is 4. The molecule has 3 rings (SSSR count). The molecule has 0 radical (unpaired) electrons. The van der Waals surface area contributed by atoms with E-state index < -0.39 is 121 Å². The van der Waals surface area contributed by atoms with Gasteiger partial charge >= 0.3 is 17.9 Å². The lowest BCUT2D eigenvalue weighted by Gasteiger charge is -2.50. The van der Waals surface area contributed by atoms with Crippen molar-refractivity contribution < 1.29 is 77.5 Å². The first kappa shape index (κ1) is 50.5. The van der Waals surface area contributed by atoms with Crippen molar-refractivity contribution in [1.29, 1.82) is 0 Å². The third-order valence-electron chi connectivity index (χ3n) is 11.2. The highest BCUT2D eigenvalue weighted by atomic mass is 16.7. The Bertz CT molecular complexity index is 1420. The second-order valence-electron chi connectivity index (χ2n) is 16.5. The third kappa shape index (κ3) is 14.1. The normalized spacial score (nSPS) is 39.7. The summed E-state index contributed by atoms with van der Waals surface area (Å²) in [7, 11) is 4.77. The number of nitrogens with zero attached hydrogens (tertiary/aromatic N) is 1. The van der Waals surface area contributed by atoms with Crippen LogP contribution >= 0.6 is 0 Å². The number of cyclic esters (lactones) is 1. The summed E-state index contributed by atoms with van der Waals surface area (Å²) < 4.78 is 48.5. The van der Waals surface area contributed by atoms with Crippen LogP contribution in [0.5, 0.6) is 0 Å². The summed E-state index contributed by atoms with van der Waals surface area (Å²) in [6, 6.07) is -0.825. The molecule has 0 aliphatic carbocycles. The number of rotatable bonds is 13. The monoisotopic (exact) mass is 843 g/mol. The molecule has 4 N–H and O–H groups in total. The van der Waals surface area contributed by atoms with Crippen molar-refractivity contribution in [2.75, 3.05) is 21.2 Å². The Labute approximate surface area is 348 Å². The second kappa shape index (κ2) is 22.8. The van der Waals surface area contributed by atoms with E-state index in [1.807, 2.05) is 6.92 Å². The van der Waals surface area contributed by atoms with Crippen LogP contribution in [0, 0.1) is 11.8 Å². The second-order valence-corrected chi connectivity index (χ2v) is 16.5. The number of allylic oxidation sites excluding steroid dienone is 2. The molecule has 0 bridgehead atoms. The zero-order valence-corrected chi connectivity index (χ0v) is 36.3. The number of esters is 3. The Morgan fingerprint density at radius 3 is 2.25 bits per heavy atom. The molecule has 15 atom stereocenters. The third-order valence-corrected chi connectivity index (χ3v) is 11.2. The maximum atomic E-state index is 13.3. The number of ether oxygens (including phenoxy) is 8. The number of hydrogen-bond donors (Lipinski definition) is 4. The van der Waals surface area contributed by atoms with Crippen molar-refractivity contribution in [3.8, 4) is 0 Å². The van der Waals surface area contributed by atoms with Crippen LogP contribution in [0.3, 0.4) is 0 Å². The van der Waals surface area contributed by atoms with Crippen LogP contribution in [0.1, 0.15) is 99.8 Å². The van der Waals surface area contributed by atoms with Crippen molar-refractivity contribution in [2.24, 2.45) is 11.8 Å². The lowest BCUT2D eigenvalue weighted by atomic mass is 9.81. The van der Waals surface area contributed by atoms with Gasteiger partial charge in [0.15, 0.2) is 24.5 Å². The first-order valence-corrected chi connectivity index (χ1v) is 20.7. The summed E-state index contributed by atoms with van der Waals surface area (Å²) in [6.07, 6.45) is -4.77. The molecule has 0 aromatic rings. The summed E-state index contributed by atoms with van der Waals surface area (Å²) in [5.41, 5.74) is -1.51. The summed E-state index contributed by atoms with van der Waals surface area (Å²) in [5, 5.41) is 45.7. The predicted octanol–water partition coefficient (Wildman–Crippen LogP) is 2.48. The van der Waals surface area contributed by atoms with Crippen molar-refractivity contribution in [3.05, 3.63) is 24.3 Å². The summed E-state index contributed by atoms with van der Waals surface area (Å²) in [4.78, 5) is 52.5. The Morgan fingerprint density at radius 2 is 1.66 bits per heavy atom. The van der Waals surface area contributed by atoms with Gasteiger partial charge in [-0.05, 0) is 66.6 Å². The molecular weight excluding hydrogens is 774 g/mol. The molecule has 0 aromatic heterocycles. The topological polar surface area (TPSA) is 226 Å². The van der Waals surface area contributed by atoms with E-state index in [0.717, 1.165) is 0 Å². The van der Waals surface area contributed by atoms with Gasteiger partial charge in [-0.3, -0.25) is 14.4 Å². The molecule has 3 heterocycles. The highest BCUT2D eigenvalue weighted by molar-refractivity contribution is 5.72. The van der Waals surface area contributed by atoms with Gasteiger partial charge in [0.2, 0.25) is 0 Å². The van der Waals surface area contributed by atoms with Crippen LogP contribution in [-0.4, -0.2) is 156 Å². The molecule has 59 heavy (non-hydrogen) atoms. The molecule has 3 aliphatic rings. The Kier molecular flexibility index (Phi) is 19.6. The van der Waals surface area contributed by atoms with E-state index in [-0.39, 0.29) is 32.1 Å². The zero-order valence-electron chi connectivity index (χ0n) is 36.3. The molecule has 0 saturated carbocycles. The molecule has 0 aromatic carbocycles. The predicted molar refractivity (Wildman–Crippen MR) is 211 cm³/mol. The minimum Gasteiger partial charge on any atom is -0.462 e. The molecule has 3 aliphatic heterocycles. The number of aliphatic hydroxyl groups excluding tert-OH is 1. The minimum absolute atomic E-state index is 0.0369. The van der Waals surface area contributed by atoms with E-state index in [9.17, 15) is 39.6 Å². The lowest BCUT2D eigenvalue weighted by molar-refractivity contribution is -0.344. The molecule has 2 saturated heterocycles. The summed E-state index contributed by atoms with van der Waals surface area (Å²) in [6.45, 7) is 11.6. The van der Waals surface area contributed by atoms with Gasteiger partial charge in [0.05, 0.1) is 30.8 Å². The van der Waals surface area contributed by atoms with Gasteiger partial charge in [0.25, 0.3) is 0 Å². The Hall–Kier alpha value is -2.84. The van der Waals surface area contributed by atoms with Gasteiger partial charge < -0.3 is 68.0 Å². The standard InChI is InChI=1S/C42H69NO16/c1-11-16-31(46)57-39-27(6)54-33(23-41(39,7)49)58-36-26(5)55-40(35(48)34(36)43(8)9)59-37-28(18-20-44)21-24(3)42(50,51)19-15-13-14-17-25(4)53-32(47)22-29(38(37)52-10)56-30(45)12-2/h13-15,19-20,24-29,33-40,48-51H,11-12,16-18,21-23H2,1-10H3/b14-13+,19-15+/t24?,25-,26-,27+,28+,29-,33+,34-,35-,36-,37+,38+,39+,40+,41-/m1/s1. The molecule has 1 unspecified atom stereocenters. The smallest absolute Gasteiger partial charge is 0.309 e. The van der Waals surface area contributed by atoms with Crippen LogP contribution in [0.4, 0.5) is 0 Å². The SMILES string of the molecule is CCCC(=O)O[C@H]1[C@H](C)O[C@@H](O[C@H]2[C@H](N(C)C)[C@@H](O)[C@H](O[C@H]3[C@@H](CC=O)CC(C)C(O)(O)/C=C/C=C/C[C@@H](C)OC(=O)C[C@@H](OC(=O)CC)[C@@H]3OC)O[C@@H]2C)C[C@@]1(C)O. The van der Waals surface area contributed by atoms with E-state index in [0.29, 0.717) is 19.1 Å². The molecule has 0 spiro atoms. The maximum absolute atomic E-state index is 13.3. The van der Waals surface area contributed by atoms with Gasteiger partial charge in [-0.15, -0.1) is 0 Å². The fourth-order valence-electron chi connectivity index (χ4n) is 8.00. The largest absolute Gasteiger partial charge is 0.462 e. The van der Waals surface area contributed by atoms with Crippen LogP contribution in [-0.2, 0) is 57.1 Å². The van der Waals surface area contributed by atoms with Gasteiger partial charge in [0, 0.05) is 45.1 Å². The quantitative estimate of drug-likeness (QED) is 0.0904. The van der Waals surface area contributed by atoms with E-state index in [4.69, 9.17) is 37.9 Å². The highest BCUT2D eigenvalue weighted by Gasteiger charge is 2.53. The van der Waals surface area contributed by atoms with E-state index in [1.54, 1.807) is 72.7 Å². The van der Waals surface area contributed by atoms with Crippen LogP contribution in [0.2, 0.25) is 0 Å². The summed E-state index contributed by atoms with van der Waals surface area (Å²) >= 11 is 0. The molecule has 17 nitrogen and oxygen atoms in total.